The average Bonchev–Trinajstić information content (AvgIpc) is 2.30. The Morgan fingerprint density at radius 3 is 1.62 bits per heavy atom. The van der Waals surface area contributed by atoms with E-state index >= 15 is 0 Å². The SMILES string of the molecule is CCC(OC(=O)CC(=O)OC(CS(=O)(=O)O)C(F)(F)F)C(F)(F)F. The van der Waals surface area contributed by atoms with Gasteiger partial charge in [-0.3, -0.25) is 14.1 Å². The Kier molecular flexibility index (Phi) is 7.48. The van der Waals surface area contributed by atoms with E-state index in [1.165, 1.54) is 0 Å². The maximum Gasteiger partial charge on any atom is 0.426 e. The van der Waals surface area contributed by atoms with E-state index in [1.807, 2.05) is 0 Å². The van der Waals surface area contributed by atoms with Crippen LogP contribution in [0.3, 0.4) is 0 Å². The van der Waals surface area contributed by atoms with Gasteiger partial charge in [-0.15, -0.1) is 0 Å². The zero-order valence-corrected chi connectivity index (χ0v) is 12.7. The molecule has 0 bridgehead atoms. The molecular weight excluding hydrogens is 378 g/mol. The van der Waals surface area contributed by atoms with Crippen molar-refractivity contribution in [1.29, 1.82) is 0 Å². The van der Waals surface area contributed by atoms with Gasteiger partial charge in [-0.2, -0.15) is 34.8 Å². The standard InChI is InChI=1S/C10H12F6O7S/c1-2-5(9(11,12)13)22-7(17)3-8(18)23-6(10(14,15)16)4-24(19,20)21/h5-6H,2-4H2,1H3,(H,19,20,21). The lowest BCUT2D eigenvalue weighted by molar-refractivity contribution is -0.225. The normalized spacial score (nSPS) is 15.5. The first kappa shape index (κ1) is 22.4. The molecule has 0 saturated heterocycles. The van der Waals surface area contributed by atoms with Crippen LogP contribution in [-0.4, -0.2) is 55.2 Å². The first-order valence-corrected chi connectivity index (χ1v) is 7.64. The molecule has 0 amide bonds. The second-order valence-corrected chi connectivity index (χ2v) is 5.87. The van der Waals surface area contributed by atoms with Crippen molar-refractivity contribution < 1.29 is 58.4 Å². The number of alkyl halides is 6. The summed E-state index contributed by atoms with van der Waals surface area (Å²) in [5, 5.41) is 0. The summed E-state index contributed by atoms with van der Waals surface area (Å²) in [7, 11) is -5.19. The second kappa shape index (κ2) is 8.00. The van der Waals surface area contributed by atoms with Crippen molar-refractivity contribution in [2.45, 2.75) is 44.3 Å². The summed E-state index contributed by atoms with van der Waals surface area (Å²) in [6, 6.07) is 0. The summed E-state index contributed by atoms with van der Waals surface area (Å²) in [4.78, 5) is 22.2. The van der Waals surface area contributed by atoms with Gasteiger partial charge in [0.15, 0.2) is 6.10 Å². The number of esters is 2. The predicted molar refractivity (Wildman–Crippen MR) is 63.2 cm³/mol. The Hall–Kier alpha value is -1.57. The molecule has 7 nitrogen and oxygen atoms in total. The smallest absolute Gasteiger partial charge is 0.426 e. The molecule has 0 aromatic heterocycles. The minimum absolute atomic E-state index is 0.696. The van der Waals surface area contributed by atoms with Gasteiger partial charge in [0.2, 0.25) is 6.10 Å². The van der Waals surface area contributed by atoms with Gasteiger partial charge >= 0.3 is 24.3 Å². The van der Waals surface area contributed by atoms with Gasteiger partial charge in [0, 0.05) is 0 Å². The summed E-state index contributed by atoms with van der Waals surface area (Å²) in [6.45, 7) is 1.01. The Morgan fingerprint density at radius 2 is 1.33 bits per heavy atom. The lowest BCUT2D eigenvalue weighted by Crippen LogP contribution is -2.40. The molecule has 0 saturated carbocycles. The fourth-order valence-corrected chi connectivity index (χ4v) is 1.93. The maximum atomic E-state index is 12.5. The van der Waals surface area contributed by atoms with E-state index in [9.17, 15) is 44.3 Å². The topological polar surface area (TPSA) is 107 Å². The molecule has 142 valence electrons. The molecule has 14 heteroatoms. The van der Waals surface area contributed by atoms with E-state index in [-0.39, 0.29) is 0 Å². The van der Waals surface area contributed by atoms with Crippen molar-refractivity contribution in [1.82, 2.24) is 0 Å². The van der Waals surface area contributed by atoms with Gasteiger partial charge in [0.25, 0.3) is 10.1 Å². The molecular formula is C10H12F6O7S. The van der Waals surface area contributed by atoms with Crippen molar-refractivity contribution in [3.63, 3.8) is 0 Å². The molecule has 0 aliphatic rings. The molecule has 0 aliphatic carbocycles. The van der Waals surface area contributed by atoms with Crippen molar-refractivity contribution in [2.75, 3.05) is 5.75 Å². The van der Waals surface area contributed by atoms with E-state index in [0.29, 0.717) is 0 Å². The van der Waals surface area contributed by atoms with Crippen LogP contribution in [0.5, 0.6) is 0 Å². The Labute approximate surface area is 131 Å². The lowest BCUT2D eigenvalue weighted by atomic mass is 10.2. The maximum absolute atomic E-state index is 12.5. The van der Waals surface area contributed by atoms with Gasteiger partial charge in [-0.05, 0) is 6.42 Å². The van der Waals surface area contributed by atoms with Crippen LogP contribution in [0.1, 0.15) is 19.8 Å². The third kappa shape index (κ3) is 8.90. The summed E-state index contributed by atoms with van der Waals surface area (Å²) in [6.07, 6.45) is -18.5. The number of carbonyl (C=O) groups is 2. The molecule has 0 spiro atoms. The fraction of sp³-hybridized carbons (Fsp3) is 0.800. The molecule has 0 aliphatic heterocycles. The summed E-state index contributed by atoms with van der Waals surface area (Å²) >= 11 is 0. The van der Waals surface area contributed by atoms with Crippen LogP contribution in [0.25, 0.3) is 0 Å². The Morgan fingerprint density at radius 1 is 0.958 bits per heavy atom. The first-order chi connectivity index (χ1) is 10.6. The van der Waals surface area contributed by atoms with Crippen LogP contribution in [0.2, 0.25) is 0 Å². The van der Waals surface area contributed by atoms with Gasteiger partial charge in [0.05, 0.1) is 0 Å². The highest BCUT2D eigenvalue weighted by atomic mass is 32.2. The van der Waals surface area contributed by atoms with Crippen LogP contribution >= 0.6 is 0 Å². The molecule has 0 aromatic carbocycles. The van der Waals surface area contributed by atoms with Gasteiger partial charge in [0.1, 0.15) is 12.2 Å². The van der Waals surface area contributed by atoms with Crippen LogP contribution < -0.4 is 0 Å². The van der Waals surface area contributed by atoms with Crippen molar-refractivity contribution in [3.05, 3.63) is 0 Å². The van der Waals surface area contributed by atoms with Crippen LogP contribution in [-0.2, 0) is 29.2 Å². The highest BCUT2D eigenvalue weighted by molar-refractivity contribution is 7.85. The Bertz CT molecular complexity index is 553. The first-order valence-electron chi connectivity index (χ1n) is 6.03. The van der Waals surface area contributed by atoms with E-state index in [4.69, 9.17) is 4.55 Å². The molecule has 24 heavy (non-hydrogen) atoms. The van der Waals surface area contributed by atoms with Crippen molar-refractivity contribution in [2.24, 2.45) is 0 Å². The third-order valence-electron chi connectivity index (χ3n) is 2.30. The highest BCUT2D eigenvalue weighted by Gasteiger charge is 2.46. The number of rotatable bonds is 7. The summed E-state index contributed by atoms with van der Waals surface area (Å²) < 4.78 is 111. The molecule has 1 N–H and O–H groups in total. The monoisotopic (exact) mass is 390 g/mol. The molecule has 0 aromatic rings. The van der Waals surface area contributed by atoms with E-state index in [1.54, 1.807) is 0 Å². The number of halogens is 6. The van der Waals surface area contributed by atoms with Gasteiger partial charge in [-0.1, -0.05) is 6.92 Å². The molecule has 0 heterocycles. The highest BCUT2D eigenvalue weighted by Crippen LogP contribution is 2.26. The lowest BCUT2D eigenvalue weighted by Gasteiger charge is -2.20. The van der Waals surface area contributed by atoms with E-state index in [2.05, 4.69) is 9.47 Å². The van der Waals surface area contributed by atoms with Crippen molar-refractivity contribution >= 4 is 22.1 Å². The zero-order chi connectivity index (χ0) is 19.3. The number of hydrogen-bond donors (Lipinski definition) is 1. The number of hydrogen-bond acceptors (Lipinski definition) is 6. The van der Waals surface area contributed by atoms with E-state index in [0.717, 1.165) is 6.92 Å². The Balaban J connectivity index is 4.83. The second-order valence-electron chi connectivity index (χ2n) is 4.37. The minimum atomic E-state index is -5.40. The summed E-state index contributed by atoms with van der Waals surface area (Å²) in [5.41, 5.74) is 0. The number of carbonyl (C=O) groups excluding carboxylic acids is 2. The number of ether oxygens (including phenoxy) is 2. The van der Waals surface area contributed by atoms with Crippen LogP contribution in [0.4, 0.5) is 26.3 Å². The van der Waals surface area contributed by atoms with Gasteiger partial charge < -0.3 is 9.47 Å². The minimum Gasteiger partial charge on any atom is -0.452 e. The van der Waals surface area contributed by atoms with Crippen LogP contribution in [0, 0.1) is 0 Å². The molecule has 0 radical (unpaired) electrons. The van der Waals surface area contributed by atoms with Crippen molar-refractivity contribution in [3.8, 4) is 0 Å². The summed E-state index contributed by atoms with van der Waals surface area (Å²) in [5.74, 6) is -5.81. The molecule has 0 rings (SSSR count). The quantitative estimate of drug-likeness (QED) is 0.305. The largest absolute Gasteiger partial charge is 0.452 e. The molecule has 2 unspecified atom stereocenters. The molecule has 2 atom stereocenters. The average molecular weight is 390 g/mol. The fourth-order valence-electron chi connectivity index (χ4n) is 1.29. The third-order valence-corrected chi connectivity index (χ3v) is 3.02. The predicted octanol–water partition coefficient (Wildman–Crippen LogP) is 1.62. The zero-order valence-electron chi connectivity index (χ0n) is 11.8. The van der Waals surface area contributed by atoms with Crippen LogP contribution in [0.15, 0.2) is 0 Å². The van der Waals surface area contributed by atoms with E-state index < -0.39 is 65.2 Å². The van der Waals surface area contributed by atoms with Gasteiger partial charge in [-0.25, -0.2) is 0 Å². The molecule has 0 fully saturated rings.